The Hall–Kier alpha value is -1.23. The number of hydrogen-bond acceptors (Lipinski definition) is 4. The largest absolute Gasteiger partial charge is 0.501 e. The third kappa shape index (κ3) is 3.62. The van der Waals surface area contributed by atoms with Crippen LogP contribution in [0.5, 0.6) is 0 Å². The summed E-state index contributed by atoms with van der Waals surface area (Å²) in [4.78, 5) is 13.6. The summed E-state index contributed by atoms with van der Waals surface area (Å²) < 4.78 is 10.6. The van der Waals surface area contributed by atoms with Gasteiger partial charge in [0.2, 0.25) is 0 Å². The Labute approximate surface area is 114 Å². The Kier molecular flexibility index (Phi) is 4.04. The second-order valence-electron chi connectivity index (χ2n) is 6.23. The zero-order valence-corrected chi connectivity index (χ0v) is 11.9. The molecule has 2 atom stereocenters. The minimum Gasteiger partial charge on any atom is -0.501 e. The summed E-state index contributed by atoms with van der Waals surface area (Å²) in [6.07, 6.45) is 2.77. The Balaban J connectivity index is 1.97. The first-order valence-corrected chi connectivity index (χ1v) is 6.83. The van der Waals surface area contributed by atoms with Crippen molar-refractivity contribution in [3.8, 4) is 0 Å². The molecule has 5 heteroatoms. The topological polar surface area (TPSA) is 59.0 Å². The second-order valence-corrected chi connectivity index (χ2v) is 6.23. The number of rotatable bonds is 1. The molecule has 108 valence electrons. The third-order valence-corrected chi connectivity index (χ3v) is 3.38. The number of likely N-dealkylation sites (tertiary alicyclic amines) is 1. The third-order valence-electron chi connectivity index (χ3n) is 3.38. The Morgan fingerprint density at radius 1 is 1.47 bits per heavy atom. The molecule has 0 aromatic rings. The maximum Gasteiger partial charge on any atom is 0.410 e. The second kappa shape index (κ2) is 5.41. The van der Waals surface area contributed by atoms with Crippen LogP contribution in [0.25, 0.3) is 0 Å². The van der Waals surface area contributed by atoms with E-state index in [1.165, 1.54) is 0 Å². The molecule has 0 unspecified atom stereocenters. The van der Waals surface area contributed by atoms with Gasteiger partial charge in [0.1, 0.15) is 5.60 Å². The molecule has 1 saturated heterocycles. The van der Waals surface area contributed by atoms with Crippen LogP contribution in [-0.4, -0.2) is 47.5 Å². The molecular formula is C14H23NO4. The van der Waals surface area contributed by atoms with Crippen LogP contribution < -0.4 is 0 Å². The van der Waals surface area contributed by atoms with Gasteiger partial charge in [-0.15, -0.1) is 0 Å². The molecule has 1 amide bonds. The SMILES string of the molecule is CC(C)(C)OC(=O)N1C[C@@H](O)[C@H](C2=COCCC2)C1. The molecule has 0 bridgehead atoms. The quantitative estimate of drug-likeness (QED) is 0.790. The molecule has 1 fully saturated rings. The van der Waals surface area contributed by atoms with Gasteiger partial charge in [0.15, 0.2) is 0 Å². The van der Waals surface area contributed by atoms with Gasteiger partial charge in [0.05, 0.1) is 25.5 Å². The van der Waals surface area contributed by atoms with Gasteiger partial charge < -0.3 is 19.5 Å². The summed E-state index contributed by atoms with van der Waals surface area (Å²) in [5, 5.41) is 10.1. The molecule has 0 spiro atoms. The molecule has 2 heterocycles. The standard InChI is InChI=1S/C14H23NO4/c1-14(2,3)19-13(17)15-7-11(12(16)8-15)10-5-4-6-18-9-10/h9,11-12,16H,4-8H2,1-3H3/t11-,12+/m0/s1. The average Bonchev–Trinajstić information content (AvgIpc) is 2.70. The van der Waals surface area contributed by atoms with Gasteiger partial charge in [-0.05, 0) is 39.2 Å². The molecule has 19 heavy (non-hydrogen) atoms. The molecule has 2 aliphatic heterocycles. The highest BCUT2D eigenvalue weighted by Gasteiger charge is 2.38. The number of carbonyl (C=O) groups excluding carboxylic acids is 1. The number of β-amino-alcohol motifs (C(OH)–C–C–N with tert-alkyl or cyclic N) is 1. The van der Waals surface area contributed by atoms with Gasteiger partial charge in [-0.2, -0.15) is 0 Å². The zero-order valence-electron chi connectivity index (χ0n) is 11.9. The van der Waals surface area contributed by atoms with E-state index in [4.69, 9.17) is 9.47 Å². The van der Waals surface area contributed by atoms with Crippen LogP contribution in [0.4, 0.5) is 4.79 Å². The highest BCUT2D eigenvalue weighted by Crippen LogP contribution is 2.30. The van der Waals surface area contributed by atoms with E-state index in [1.54, 1.807) is 11.2 Å². The van der Waals surface area contributed by atoms with Crippen molar-refractivity contribution in [3.05, 3.63) is 11.8 Å². The van der Waals surface area contributed by atoms with E-state index in [0.717, 1.165) is 25.0 Å². The van der Waals surface area contributed by atoms with Crippen molar-refractivity contribution in [2.24, 2.45) is 5.92 Å². The van der Waals surface area contributed by atoms with Crippen LogP contribution in [0.3, 0.4) is 0 Å². The minimum atomic E-state index is -0.527. The molecule has 2 aliphatic rings. The van der Waals surface area contributed by atoms with Gasteiger partial charge >= 0.3 is 6.09 Å². The fourth-order valence-corrected chi connectivity index (χ4v) is 2.48. The fraction of sp³-hybridized carbons (Fsp3) is 0.786. The summed E-state index contributed by atoms with van der Waals surface area (Å²) in [6.45, 7) is 7.09. The van der Waals surface area contributed by atoms with Crippen LogP contribution in [0, 0.1) is 5.92 Å². The number of nitrogens with zero attached hydrogens (tertiary/aromatic N) is 1. The van der Waals surface area contributed by atoms with E-state index in [0.29, 0.717) is 13.1 Å². The Morgan fingerprint density at radius 3 is 2.79 bits per heavy atom. The van der Waals surface area contributed by atoms with Crippen molar-refractivity contribution >= 4 is 6.09 Å². The average molecular weight is 269 g/mol. The molecule has 0 saturated carbocycles. The first-order valence-electron chi connectivity index (χ1n) is 6.83. The lowest BCUT2D eigenvalue weighted by Crippen LogP contribution is -2.35. The summed E-state index contributed by atoms with van der Waals surface area (Å²) >= 11 is 0. The predicted octanol–water partition coefficient (Wildman–Crippen LogP) is 1.91. The van der Waals surface area contributed by atoms with E-state index < -0.39 is 11.7 Å². The van der Waals surface area contributed by atoms with Crippen molar-refractivity contribution in [1.82, 2.24) is 4.90 Å². The van der Waals surface area contributed by atoms with Gasteiger partial charge in [0, 0.05) is 12.5 Å². The lowest BCUT2D eigenvalue weighted by molar-refractivity contribution is 0.0270. The van der Waals surface area contributed by atoms with Crippen molar-refractivity contribution < 1.29 is 19.4 Å². The Morgan fingerprint density at radius 2 is 2.21 bits per heavy atom. The molecular weight excluding hydrogens is 246 g/mol. The Bertz CT molecular complexity index is 372. The first-order chi connectivity index (χ1) is 8.87. The fourth-order valence-electron chi connectivity index (χ4n) is 2.48. The van der Waals surface area contributed by atoms with Crippen molar-refractivity contribution in [3.63, 3.8) is 0 Å². The normalized spacial score (nSPS) is 27.8. The molecule has 0 aliphatic carbocycles. The van der Waals surface area contributed by atoms with Crippen molar-refractivity contribution in [1.29, 1.82) is 0 Å². The van der Waals surface area contributed by atoms with E-state index in [-0.39, 0.29) is 12.0 Å². The zero-order chi connectivity index (χ0) is 14.0. The summed E-state index contributed by atoms with van der Waals surface area (Å²) in [5.41, 5.74) is 0.595. The number of hydrogen-bond donors (Lipinski definition) is 1. The molecule has 0 aromatic heterocycles. The first kappa shape index (κ1) is 14.2. The maximum absolute atomic E-state index is 12.0. The van der Waals surface area contributed by atoms with Crippen LogP contribution >= 0.6 is 0 Å². The van der Waals surface area contributed by atoms with Crippen LogP contribution in [0.15, 0.2) is 11.8 Å². The highest BCUT2D eigenvalue weighted by atomic mass is 16.6. The smallest absolute Gasteiger partial charge is 0.410 e. The van der Waals surface area contributed by atoms with E-state index in [9.17, 15) is 9.90 Å². The minimum absolute atomic E-state index is 0.0205. The van der Waals surface area contributed by atoms with Gasteiger partial charge in [-0.25, -0.2) is 4.79 Å². The molecule has 0 aromatic carbocycles. The monoisotopic (exact) mass is 269 g/mol. The van der Waals surface area contributed by atoms with E-state index in [2.05, 4.69) is 0 Å². The van der Waals surface area contributed by atoms with Gasteiger partial charge in [-0.3, -0.25) is 0 Å². The van der Waals surface area contributed by atoms with Crippen molar-refractivity contribution in [2.45, 2.75) is 45.3 Å². The predicted molar refractivity (Wildman–Crippen MR) is 70.6 cm³/mol. The molecule has 0 radical (unpaired) electrons. The van der Waals surface area contributed by atoms with E-state index >= 15 is 0 Å². The number of amides is 1. The molecule has 1 N–H and O–H groups in total. The summed E-state index contributed by atoms with van der Waals surface area (Å²) in [6, 6.07) is 0. The van der Waals surface area contributed by atoms with E-state index in [1.807, 2.05) is 20.8 Å². The maximum atomic E-state index is 12.0. The highest BCUT2D eigenvalue weighted by molar-refractivity contribution is 5.68. The number of aliphatic hydroxyl groups excluding tert-OH is 1. The summed E-state index contributed by atoms with van der Waals surface area (Å²) in [5.74, 6) is -0.0205. The van der Waals surface area contributed by atoms with Crippen LogP contribution in [0.1, 0.15) is 33.6 Å². The lowest BCUT2D eigenvalue weighted by atomic mass is 9.93. The van der Waals surface area contributed by atoms with Gasteiger partial charge in [-0.1, -0.05) is 0 Å². The van der Waals surface area contributed by atoms with Gasteiger partial charge in [0.25, 0.3) is 0 Å². The van der Waals surface area contributed by atoms with Crippen molar-refractivity contribution in [2.75, 3.05) is 19.7 Å². The number of ether oxygens (including phenoxy) is 2. The summed E-state index contributed by atoms with van der Waals surface area (Å²) in [7, 11) is 0. The molecule has 5 nitrogen and oxygen atoms in total. The lowest BCUT2D eigenvalue weighted by Gasteiger charge is -2.24. The number of aliphatic hydroxyl groups is 1. The number of carbonyl (C=O) groups is 1. The van der Waals surface area contributed by atoms with Crippen LogP contribution in [-0.2, 0) is 9.47 Å². The van der Waals surface area contributed by atoms with Crippen LogP contribution in [0.2, 0.25) is 0 Å². The molecule has 2 rings (SSSR count).